The van der Waals surface area contributed by atoms with E-state index in [1.54, 1.807) is 35.4 Å². The first-order valence-corrected chi connectivity index (χ1v) is 10.1. The summed E-state index contributed by atoms with van der Waals surface area (Å²) in [7, 11) is 1.87. The average Bonchev–Trinajstić information content (AvgIpc) is 3.19. The van der Waals surface area contributed by atoms with Crippen LogP contribution in [0.2, 0.25) is 0 Å². The van der Waals surface area contributed by atoms with Crippen molar-refractivity contribution in [2.24, 2.45) is 7.05 Å². The summed E-state index contributed by atoms with van der Waals surface area (Å²) in [4.78, 5) is 23.9. The van der Waals surface area contributed by atoms with Gasteiger partial charge in [-0.1, -0.05) is 19.3 Å². The summed E-state index contributed by atoms with van der Waals surface area (Å²) in [6.45, 7) is 0.511. The number of aryl methyl sites for hydroxylation is 1. The Morgan fingerprint density at radius 2 is 1.90 bits per heavy atom. The molecule has 6 heteroatoms. The lowest BCUT2D eigenvalue weighted by Gasteiger charge is -2.34. The minimum Gasteiger partial charge on any atom is -0.340 e. The molecule has 2 aromatic heterocycles. The fourth-order valence-corrected chi connectivity index (χ4v) is 3.98. The SMILES string of the molecule is Cn1cnc(C(=O)N(Cc2ccnc(-c3ccc(F)cc3)c2)C2CCCCC2)c1. The number of halogens is 1. The Balaban J connectivity index is 1.61. The first kappa shape index (κ1) is 19.3. The molecule has 1 aromatic carbocycles. The molecule has 29 heavy (non-hydrogen) atoms. The number of rotatable bonds is 5. The van der Waals surface area contributed by atoms with E-state index in [4.69, 9.17) is 0 Å². The summed E-state index contributed by atoms with van der Waals surface area (Å²) in [6, 6.07) is 10.5. The summed E-state index contributed by atoms with van der Waals surface area (Å²) in [5.41, 5.74) is 3.12. The van der Waals surface area contributed by atoms with Crippen molar-refractivity contribution in [1.82, 2.24) is 19.4 Å². The van der Waals surface area contributed by atoms with Crippen molar-refractivity contribution < 1.29 is 9.18 Å². The number of hydrogen-bond donors (Lipinski definition) is 0. The van der Waals surface area contributed by atoms with E-state index in [1.807, 2.05) is 24.1 Å². The molecule has 0 aliphatic heterocycles. The molecule has 0 bridgehead atoms. The van der Waals surface area contributed by atoms with Crippen LogP contribution in [0.5, 0.6) is 0 Å². The quantitative estimate of drug-likeness (QED) is 0.638. The normalized spacial score (nSPS) is 14.7. The number of hydrogen-bond acceptors (Lipinski definition) is 3. The number of pyridine rings is 1. The van der Waals surface area contributed by atoms with Crippen LogP contribution >= 0.6 is 0 Å². The molecular formula is C23H25FN4O. The molecule has 1 saturated carbocycles. The van der Waals surface area contributed by atoms with Gasteiger partial charge in [-0.3, -0.25) is 9.78 Å². The van der Waals surface area contributed by atoms with Crippen LogP contribution in [0.25, 0.3) is 11.3 Å². The first-order chi connectivity index (χ1) is 14.1. The van der Waals surface area contributed by atoms with Crippen molar-refractivity contribution in [1.29, 1.82) is 0 Å². The summed E-state index contributed by atoms with van der Waals surface area (Å²) in [6.07, 6.45) is 10.7. The second kappa shape index (κ2) is 8.55. The van der Waals surface area contributed by atoms with E-state index in [1.165, 1.54) is 18.6 Å². The lowest BCUT2D eigenvalue weighted by molar-refractivity contribution is 0.0608. The van der Waals surface area contributed by atoms with Gasteiger partial charge in [0.2, 0.25) is 0 Å². The van der Waals surface area contributed by atoms with Crippen LogP contribution in [0.1, 0.15) is 48.2 Å². The Labute approximate surface area is 170 Å². The number of amides is 1. The predicted octanol–water partition coefficient (Wildman–Crippen LogP) is 4.60. The zero-order valence-corrected chi connectivity index (χ0v) is 16.6. The summed E-state index contributed by atoms with van der Waals surface area (Å²) < 4.78 is 15.0. The molecule has 5 nitrogen and oxygen atoms in total. The lowest BCUT2D eigenvalue weighted by Crippen LogP contribution is -2.41. The fraction of sp³-hybridized carbons (Fsp3) is 0.348. The zero-order chi connectivity index (χ0) is 20.2. The third kappa shape index (κ3) is 4.53. The van der Waals surface area contributed by atoms with Gasteiger partial charge in [-0.05, 0) is 54.8 Å². The van der Waals surface area contributed by atoms with Gasteiger partial charge >= 0.3 is 0 Å². The molecule has 0 saturated heterocycles. The highest BCUT2D eigenvalue weighted by molar-refractivity contribution is 5.92. The van der Waals surface area contributed by atoms with Crippen LogP contribution in [0.4, 0.5) is 4.39 Å². The Morgan fingerprint density at radius 3 is 2.59 bits per heavy atom. The Bertz CT molecular complexity index is 977. The summed E-state index contributed by atoms with van der Waals surface area (Å²) >= 11 is 0. The highest BCUT2D eigenvalue weighted by Gasteiger charge is 2.27. The Morgan fingerprint density at radius 1 is 1.14 bits per heavy atom. The van der Waals surface area contributed by atoms with E-state index in [0.717, 1.165) is 42.5 Å². The minimum absolute atomic E-state index is 0.0300. The van der Waals surface area contributed by atoms with Crippen molar-refractivity contribution in [2.45, 2.75) is 44.7 Å². The van der Waals surface area contributed by atoms with Gasteiger partial charge in [0.15, 0.2) is 0 Å². The van der Waals surface area contributed by atoms with Gasteiger partial charge in [0, 0.05) is 37.6 Å². The van der Waals surface area contributed by atoms with Crippen molar-refractivity contribution >= 4 is 5.91 Å². The van der Waals surface area contributed by atoms with E-state index >= 15 is 0 Å². The minimum atomic E-state index is -0.269. The molecular weight excluding hydrogens is 367 g/mol. The molecule has 1 aliphatic carbocycles. The molecule has 150 valence electrons. The van der Waals surface area contributed by atoms with E-state index in [2.05, 4.69) is 9.97 Å². The van der Waals surface area contributed by atoms with Gasteiger partial charge in [-0.15, -0.1) is 0 Å². The number of imidazole rings is 1. The largest absolute Gasteiger partial charge is 0.340 e. The van der Waals surface area contributed by atoms with Gasteiger partial charge in [-0.2, -0.15) is 0 Å². The zero-order valence-electron chi connectivity index (χ0n) is 16.6. The summed E-state index contributed by atoms with van der Waals surface area (Å²) in [5, 5.41) is 0. The highest BCUT2D eigenvalue weighted by atomic mass is 19.1. The van der Waals surface area contributed by atoms with Crippen molar-refractivity contribution in [3.05, 3.63) is 72.2 Å². The van der Waals surface area contributed by atoms with E-state index in [9.17, 15) is 9.18 Å². The van der Waals surface area contributed by atoms with Crippen LogP contribution < -0.4 is 0 Å². The molecule has 0 unspecified atom stereocenters. The second-order valence-corrected chi connectivity index (χ2v) is 7.71. The second-order valence-electron chi connectivity index (χ2n) is 7.71. The maximum absolute atomic E-state index is 13.2. The van der Waals surface area contributed by atoms with E-state index in [-0.39, 0.29) is 17.8 Å². The van der Waals surface area contributed by atoms with Gasteiger partial charge < -0.3 is 9.47 Å². The predicted molar refractivity (Wildman–Crippen MR) is 110 cm³/mol. The fourth-order valence-electron chi connectivity index (χ4n) is 3.98. The topological polar surface area (TPSA) is 51.0 Å². The van der Waals surface area contributed by atoms with Crippen LogP contribution in [-0.4, -0.2) is 31.4 Å². The number of benzene rings is 1. The van der Waals surface area contributed by atoms with Gasteiger partial charge in [-0.25, -0.2) is 9.37 Å². The average molecular weight is 392 g/mol. The van der Waals surface area contributed by atoms with Gasteiger partial charge in [0.05, 0.1) is 12.0 Å². The molecule has 0 atom stereocenters. The molecule has 1 fully saturated rings. The Kier molecular flexibility index (Phi) is 5.69. The molecule has 0 N–H and O–H groups in total. The molecule has 2 heterocycles. The number of carbonyl (C=O) groups excluding carboxylic acids is 1. The van der Waals surface area contributed by atoms with E-state index < -0.39 is 0 Å². The van der Waals surface area contributed by atoms with Crippen LogP contribution in [0.15, 0.2) is 55.1 Å². The third-order valence-electron chi connectivity index (χ3n) is 5.52. The smallest absolute Gasteiger partial charge is 0.274 e. The first-order valence-electron chi connectivity index (χ1n) is 10.1. The van der Waals surface area contributed by atoms with Gasteiger partial charge in [0.25, 0.3) is 5.91 Å². The molecule has 1 aliphatic rings. The Hall–Kier alpha value is -3.02. The molecule has 0 radical (unpaired) electrons. The van der Waals surface area contributed by atoms with Crippen molar-refractivity contribution in [3.63, 3.8) is 0 Å². The van der Waals surface area contributed by atoms with Gasteiger partial charge in [0.1, 0.15) is 11.5 Å². The monoisotopic (exact) mass is 392 g/mol. The summed E-state index contributed by atoms with van der Waals surface area (Å²) in [5.74, 6) is -0.299. The number of aromatic nitrogens is 3. The number of carbonyl (C=O) groups is 1. The molecule has 4 rings (SSSR count). The van der Waals surface area contributed by atoms with Crippen molar-refractivity contribution in [3.8, 4) is 11.3 Å². The number of nitrogens with zero attached hydrogens (tertiary/aromatic N) is 4. The van der Waals surface area contributed by atoms with Crippen molar-refractivity contribution in [2.75, 3.05) is 0 Å². The lowest BCUT2D eigenvalue weighted by atomic mass is 9.93. The molecule has 1 amide bonds. The maximum atomic E-state index is 13.2. The van der Waals surface area contributed by atoms with Crippen LogP contribution in [-0.2, 0) is 13.6 Å². The highest BCUT2D eigenvalue weighted by Crippen LogP contribution is 2.26. The molecule has 0 spiro atoms. The molecule has 3 aromatic rings. The third-order valence-corrected chi connectivity index (χ3v) is 5.52. The standard InChI is InChI=1S/C23H25FN4O/c1-27-15-22(26-16-27)23(29)28(20-5-3-2-4-6-20)14-17-11-12-25-21(13-17)18-7-9-19(24)10-8-18/h7-13,15-16,20H,2-6,14H2,1H3. The van der Waals surface area contributed by atoms with Crippen LogP contribution in [0.3, 0.4) is 0 Å². The van der Waals surface area contributed by atoms with E-state index in [0.29, 0.717) is 12.2 Å². The van der Waals surface area contributed by atoms with Crippen LogP contribution in [0, 0.1) is 5.82 Å². The maximum Gasteiger partial charge on any atom is 0.274 e.